The summed E-state index contributed by atoms with van der Waals surface area (Å²) in [6.45, 7) is 0.446. The normalized spacial score (nSPS) is 12.3. The van der Waals surface area contributed by atoms with Crippen LogP contribution in [0.25, 0.3) is 0 Å². The second-order valence-electron chi connectivity index (χ2n) is 3.75. The first kappa shape index (κ1) is 12.4. The van der Waals surface area contributed by atoms with E-state index in [1.807, 2.05) is 24.4 Å². The number of aromatic nitrogens is 2. The van der Waals surface area contributed by atoms with E-state index in [0.717, 1.165) is 5.76 Å². The average molecular weight is 249 g/mol. The Morgan fingerprint density at radius 2 is 2.50 bits per heavy atom. The number of carbonyl (C=O) groups is 1. The van der Waals surface area contributed by atoms with E-state index >= 15 is 0 Å². The molecule has 0 aliphatic heterocycles. The van der Waals surface area contributed by atoms with Crippen molar-refractivity contribution in [2.45, 2.75) is 6.04 Å². The third-order valence-corrected chi connectivity index (χ3v) is 2.48. The van der Waals surface area contributed by atoms with Gasteiger partial charge in [-0.1, -0.05) is 0 Å². The number of hydrogen-bond acceptors (Lipinski definition) is 4. The maximum atomic E-state index is 11.4. The van der Waals surface area contributed by atoms with E-state index in [1.54, 1.807) is 17.1 Å². The molecule has 1 N–H and O–H groups in total. The van der Waals surface area contributed by atoms with Crippen LogP contribution in [0, 0.1) is 0 Å². The van der Waals surface area contributed by atoms with Crippen LogP contribution < -0.4 is 5.32 Å². The number of ether oxygens (including phenoxy) is 1. The number of amides is 1. The Hall–Kier alpha value is -2.08. The van der Waals surface area contributed by atoms with Gasteiger partial charge >= 0.3 is 0 Å². The van der Waals surface area contributed by atoms with Gasteiger partial charge in [-0.25, -0.2) is 0 Å². The van der Waals surface area contributed by atoms with E-state index in [1.165, 1.54) is 7.11 Å². The van der Waals surface area contributed by atoms with E-state index < -0.39 is 0 Å². The van der Waals surface area contributed by atoms with Gasteiger partial charge in [-0.05, 0) is 18.2 Å². The van der Waals surface area contributed by atoms with Crippen molar-refractivity contribution in [3.63, 3.8) is 0 Å². The Balaban J connectivity index is 2.05. The van der Waals surface area contributed by atoms with Crippen LogP contribution in [0.2, 0.25) is 0 Å². The first-order valence-corrected chi connectivity index (χ1v) is 5.59. The van der Waals surface area contributed by atoms with E-state index in [9.17, 15) is 4.79 Å². The smallest absolute Gasteiger partial charge is 0.246 e. The largest absolute Gasteiger partial charge is 0.467 e. The summed E-state index contributed by atoms with van der Waals surface area (Å²) in [5, 5.41) is 6.95. The van der Waals surface area contributed by atoms with E-state index in [4.69, 9.17) is 9.15 Å². The summed E-state index contributed by atoms with van der Waals surface area (Å²) in [6.07, 6.45) is 5.12. The second kappa shape index (κ2) is 6.02. The van der Waals surface area contributed by atoms with Crippen molar-refractivity contribution in [3.8, 4) is 0 Å². The Morgan fingerprint density at radius 3 is 3.11 bits per heavy atom. The molecule has 0 aliphatic carbocycles. The van der Waals surface area contributed by atoms with Gasteiger partial charge in [0.15, 0.2) is 0 Å². The molecule has 1 unspecified atom stereocenters. The molecular weight excluding hydrogens is 234 g/mol. The maximum absolute atomic E-state index is 11.4. The lowest BCUT2D eigenvalue weighted by Gasteiger charge is -2.16. The van der Waals surface area contributed by atoms with Crippen LogP contribution in [0.4, 0.5) is 0 Å². The number of carbonyl (C=O) groups excluding carboxylic acids is 1. The van der Waals surface area contributed by atoms with Gasteiger partial charge < -0.3 is 14.5 Å². The average Bonchev–Trinajstić information content (AvgIpc) is 3.02. The fourth-order valence-corrected chi connectivity index (χ4v) is 1.66. The highest BCUT2D eigenvalue weighted by atomic mass is 16.5. The summed E-state index contributed by atoms with van der Waals surface area (Å²) >= 11 is 0. The Kier molecular flexibility index (Phi) is 4.14. The summed E-state index contributed by atoms with van der Waals surface area (Å²) < 4.78 is 11.9. The Labute approximate surface area is 105 Å². The van der Waals surface area contributed by atoms with Crippen LogP contribution in [0.15, 0.2) is 41.3 Å². The van der Waals surface area contributed by atoms with Gasteiger partial charge in [0.1, 0.15) is 18.4 Å². The predicted octanol–water partition coefficient (Wildman–Crippen LogP) is 0.828. The van der Waals surface area contributed by atoms with Crippen LogP contribution in [-0.2, 0) is 9.53 Å². The molecule has 0 spiro atoms. The monoisotopic (exact) mass is 249 g/mol. The minimum absolute atomic E-state index is 0.0456. The van der Waals surface area contributed by atoms with Gasteiger partial charge in [0.2, 0.25) is 5.91 Å². The Morgan fingerprint density at radius 1 is 1.61 bits per heavy atom. The Bertz CT molecular complexity index is 430. The zero-order valence-corrected chi connectivity index (χ0v) is 10.1. The first-order valence-electron chi connectivity index (χ1n) is 5.59. The SMILES string of the molecule is COCC(=O)NCC(c1ccco1)n1cccn1. The van der Waals surface area contributed by atoms with Gasteiger partial charge in [-0.2, -0.15) is 5.10 Å². The van der Waals surface area contributed by atoms with E-state index in [2.05, 4.69) is 10.4 Å². The lowest BCUT2D eigenvalue weighted by molar-refractivity contribution is -0.124. The highest BCUT2D eigenvalue weighted by Crippen LogP contribution is 2.16. The van der Waals surface area contributed by atoms with Gasteiger partial charge in [-0.15, -0.1) is 0 Å². The lowest BCUT2D eigenvalue weighted by Crippen LogP contribution is -2.33. The zero-order chi connectivity index (χ0) is 12.8. The molecule has 2 rings (SSSR count). The number of rotatable bonds is 6. The number of nitrogens with one attached hydrogen (secondary N) is 1. The fraction of sp³-hybridized carbons (Fsp3) is 0.333. The van der Waals surface area contributed by atoms with E-state index in [-0.39, 0.29) is 18.6 Å². The molecular formula is C12H15N3O3. The maximum Gasteiger partial charge on any atom is 0.246 e. The third-order valence-electron chi connectivity index (χ3n) is 2.48. The number of hydrogen-bond donors (Lipinski definition) is 1. The summed E-state index contributed by atoms with van der Waals surface area (Å²) in [5.41, 5.74) is 0. The number of nitrogens with zero attached hydrogens (tertiary/aromatic N) is 2. The van der Waals surface area contributed by atoms with Crippen molar-refractivity contribution in [1.82, 2.24) is 15.1 Å². The summed E-state index contributed by atoms with van der Waals surface area (Å²) in [6, 6.07) is 5.33. The molecule has 1 atom stereocenters. The van der Waals surface area contributed by atoms with Crippen molar-refractivity contribution in [2.24, 2.45) is 0 Å². The second-order valence-corrected chi connectivity index (χ2v) is 3.75. The predicted molar refractivity (Wildman–Crippen MR) is 64.0 cm³/mol. The fourth-order valence-electron chi connectivity index (χ4n) is 1.66. The highest BCUT2D eigenvalue weighted by Gasteiger charge is 2.17. The van der Waals surface area contributed by atoms with Crippen LogP contribution in [0.3, 0.4) is 0 Å². The molecule has 0 fully saturated rings. The lowest BCUT2D eigenvalue weighted by atomic mass is 10.2. The molecule has 2 heterocycles. The molecule has 18 heavy (non-hydrogen) atoms. The molecule has 2 aromatic heterocycles. The molecule has 2 aromatic rings. The molecule has 6 nitrogen and oxygen atoms in total. The van der Waals surface area contributed by atoms with Gasteiger partial charge in [0, 0.05) is 26.0 Å². The van der Waals surface area contributed by atoms with Crippen molar-refractivity contribution in [1.29, 1.82) is 0 Å². The molecule has 0 radical (unpaired) electrons. The van der Waals surface area contributed by atoms with Crippen molar-refractivity contribution in [3.05, 3.63) is 42.6 Å². The minimum Gasteiger partial charge on any atom is -0.467 e. The molecule has 96 valence electrons. The van der Waals surface area contributed by atoms with Crippen LogP contribution >= 0.6 is 0 Å². The van der Waals surface area contributed by atoms with Gasteiger partial charge in [0.05, 0.1) is 6.26 Å². The minimum atomic E-state index is -0.166. The van der Waals surface area contributed by atoms with Gasteiger partial charge in [0.25, 0.3) is 0 Å². The zero-order valence-electron chi connectivity index (χ0n) is 10.1. The molecule has 0 bridgehead atoms. The molecule has 0 aromatic carbocycles. The van der Waals surface area contributed by atoms with Crippen LogP contribution in [0.1, 0.15) is 11.8 Å². The van der Waals surface area contributed by atoms with Crippen LogP contribution in [-0.4, -0.2) is 35.9 Å². The van der Waals surface area contributed by atoms with Gasteiger partial charge in [-0.3, -0.25) is 9.48 Å². The summed E-state index contributed by atoms with van der Waals surface area (Å²) in [4.78, 5) is 11.4. The molecule has 0 aliphatic rings. The molecule has 1 amide bonds. The van der Waals surface area contributed by atoms with Crippen molar-refractivity contribution in [2.75, 3.05) is 20.3 Å². The summed E-state index contributed by atoms with van der Waals surface area (Å²) in [5.74, 6) is 0.581. The van der Waals surface area contributed by atoms with Crippen molar-refractivity contribution < 1.29 is 13.9 Å². The highest BCUT2D eigenvalue weighted by molar-refractivity contribution is 5.77. The van der Waals surface area contributed by atoms with E-state index in [0.29, 0.717) is 6.54 Å². The van der Waals surface area contributed by atoms with Crippen LogP contribution in [0.5, 0.6) is 0 Å². The molecule has 0 saturated carbocycles. The van der Waals surface area contributed by atoms with Crippen molar-refractivity contribution >= 4 is 5.91 Å². The standard InChI is InChI=1S/C12H15N3O3/c1-17-9-12(16)13-8-10(11-4-2-7-18-11)15-6-3-5-14-15/h2-7,10H,8-9H2,1H3,(H,13,16). The first-order chi connectivity index (χ1) is 8.81. The topological polar surface area (TPSA) is 69.3 Å². The number of furan rings is 1. The summed E-state index contributed by atoms with van der Waals surface area (Å²) in [7, 11) is 1.48. The molecule has 6 heteroatoms. The molecule has 0 saturated heterocycles. The quantitative estimate of drug-likeness (QED) is 0.823. The third kappa shape index (κ3) is 2.98. The number of methoxy groups -OCH3 is 1.